The van der Waals surface area contributed by atoms with Gasteiger partial charge in [0.15, 0.2) is 0 Å². The van der Waals surface area contributed by atoms with Gasteiger partial charge in [-0.25, -0.2) is 4.98 Å². The maximum absolute atomic E-state index is 13.3. The normalized spacial score (nSPS) is 11.9. The van der Waals surface area contributed by atoms with Gasteiger partial charge in [-0.15, -0.1) is 0 Å². The molecule has 7 N–H and O–H groups in total. The second-order valence-corrected chi connectivity index (χ2v) is 10.2. The molecule has 13 nitrogen and oxygen atoms in total. The lowest BCUT2D eigenvalue weighted by Crippen LogP contribution is -2.42. The zero-order valence-corrected chi connectivity index (χ0v) is 25.9. The molecule has 0 spiro atoms. The molecular formula is C31H36F3N9O4. The zero-order chi connectivity index (χ0) is 34.6. The van der Waals surface area contributed by atoms with Crippen LogP contribution in [0.1, 0.15) is 41.0 Å². The van der Waals surface area contributed by atoms with Gasteiger partial charge >= 0.3 is 6.18 Å². The molecule has 0 aliphatic heterocycles. The van der Waals surface area contributed by atoms with E-state index in [1.54, 1.807) is 42.5 Å². The first-order valence-corrected chi connectivity index (χ1v) is 14.5. The SMILES string of the molecule is CCCNc1nc(Nc2ccc(C(N)=O)cc2)ncc1C(=O)Nc1cccc(NC(=O)[C@H](C)N(C)C(=O)/C=C/CNCC(F)(F)F)c1. The van der Waals surface area contributed by atoms with Crippen LogP contribution in [-0.2, 0) is 9.59 Å². The van der Waals surface area contributed by atoms with Crippen molar-refractivity contribution < 1.29 is 32.3 Å². The Morgan fingerprint density at radius 3 is 2.34 bits per heavy atom. The predicted octanol–water partition coefficient (Wildman–Crippen LogP) is 3.89. The molecule has 0 fully saturated rings. The monoisotopic (exact) mass is 655 g/mol. The van der Waals surface area contributed by atoms with Crippen LogP contribution < -0.4 is 32.3 Å². The van der Waals surface area contributed by atoms with Gasteiger partial charge in [-0.05, 0) is 55.8 Å². The number of carbonyl (C=O) groups excluding carboxylic acids is 4. The molecule has 2 aromatic carbocycles. The molecule has 0 aliphatic carbocycles. The number of hydrogen-bond acceptors (Lipinski definition) is 9. The molecule has 16 heteroatoms. The summed E-state index contributed by atoms with van der Waals surface area (Å²) in [5, 5.41) is 13.7. The lowest BCUT2D eigenvalue weighted by atomic mass is 10.2. The minimum absolute atomic E-state index is 0.165. The average molecular weight is 656 g/mol. The number of nitrogens with two attached hydrogens (primary N) is 1. The highest BCUT2D eigenvalue weighted by atomic mass is 19.4. The number of alkyl halides is 3. The van der Waals surface area contributed by atoms with Crippen molar-refractivity contribution in [2.24, 2.45) is 5.73 Å². The Hall–Kier alpha value is -5.51. The van der Waals surface area contributed by atoms with Crippen LogP contribution in [0.25, 0.3) is 0 Å². The summed E-state index contributed by atoms with van der Waals surface area (Å²) in [6, 6.07) is 11.8. The number of primary amides is 1. The maximum atomic E-state index is 13.3. The van der Waals surface area contributed by atoms with Crippen LogP contribution in [-0.4, -0.2) is 77.4 Å². The van der Waals surface area contributed by atoms with Crippen molar-refractivity contribution in [2.45, 2.75) is 32.5 Å². The molecule has 1 heterocycles. The lowest BCUT2D eigenvalue weighted by Gasteiger charge is -2.23. The van der Waals surface area contributed by atoms with Crippen LogP contribution in [0.3, 0.4) is 0 Å². The number of nitrogens with one attached hydrogen (secondary N) is 5. The Balaban J connectivity index is 1.64. The number of nitrogens with zero attached hydrogens (tertiary/aromatic N) is 3. The quantitative estimate of drug-likeness (QED) is 0.104. The van der Waals surface area contributed by atoms with Crippen molar-refractivity contribution in [3.8, 4) is 0 Å². The fourth-order valence-electron chi connectivity index (χ4n) is 3.89. The number of benzene rings is 2. The van der Waals surface area contributed by atoms with Crippen molar-refractivity contribution in [2.75, 3.05) is 47.9 Å². The molecule has 1 atom stereocenters. The van der Waals surface area contributed by atoms with Crippen molar-refractivity contribution in [1.82, 2.24) is 20.2 Å². The summed E-state index contributed by atoms with van der Waals surface area (Å²) < 4.78 is 36.7. The van der Waals surface area contributed by atoms with Crippen molar-refractivity contribution >= 4 is 52.5 Å². The lowest BCUT2D eigenvalue weighted by molar-refractivity contribution is -0.132. The maximum Gasteiger partial charge on any atom is 0.401 e. The van der Waals surface area contributed by atoms with Crippen molar-refractivity contribution in [3.05, 3.63) is 78.0 Å². The number of hydrogen-bond donors (Lipinski definition) is 6. The molecule has 250 valence electrons. The van der Waals surface area contributed by atoms with Gasteiger partial charge in [-0.3, -0.25) is 19.2 Å². The molecule has 4 amide bonds. The van der Waals surface area contributed by atoms with Gasteiger partial charge in [0.2, 0.25) is 23.7 Å². The third-order valence-electron chi connectivity index (χ3n) is 6.55. The van der Waals surface area contributed by atoms with E-state index in [-0.39, 0.29) is 23.9 Å². The van der Waals surface area contributed by atoms with E-state index < -0.39 is 42.4 Å². The molecule has 0 aliphatic rings. The van der Waals surface area contributed by atoms with Gasteiger partial charge in [0.05, 0.1) is 6.54 Å². The molecule has 0 saturated heterocycles. The Bertz CT molecular complexity index is 1600. The zero-order valence-electron chi connectivity index (χ0n) is 25.9. The summed E-state index contributed by atoms with van der Waals surface area (Å²) in [6.07, 6.45) is 0.0892. The fraction of sp³-hybridized carbons (Fsp3) is 0.290. The molecule has 0 saturated carbocycles. The number of aromatic nitrogens is 2. The van der Waals surface area contributed by atoms with Crippen LogP contribution in [0.5, 0.6) is 0 Å². The fourth-order valence-corrected chi connectivity index (χ4v) is 3.89. The number of carbonyl (C=O) groups is 4. The molecule has 0 bridgehead atoms. The second kappa shape index (κ2) is 16.7. The Morgan fingerprint density at radius 1 is 1.02 bits per heavy atom. The summed E-state index contributed by atoms with van der Waals surface area (Å²) in [7, 11) is 1.39. The predicted molar refractivity (Wildman–Crippen MR) is 172 cm³/mol. The third-order valence-corrected chi connectivity index (χ3v) is 6.55. The van der Waals surface area contributed by atoms with Gasteiger partial charge < -0.3 is 37.2 Å². The molecule has 3 aromatic rings. The number of anilines is 5. The van der Waals surface area contributed by atoms with Crippen LogP contribution in [0.2, 0.25) is 0 Å². The molecule has 0 unspecified atom stereocenters. The second-order valence-electron chi connectivity index (χ2n) is 10.2. The number of halogens is 3. The molecule has 1 aromatic heterocycles. The summed E-state index contributed by atoms with van der Waals surface area (Å²) in [6.45, 7) is 2.62. The minimum atomic E-state index is -4.36. The first-order valence-electron chi connectivity index (χ1n) is 14.5. The molecule has 0 radical (unpaired) electrons. The van der Waals surface area contributed by atoms with E-state index in [0.717, 1.165) is 17.4 Å². The topological polar surface area (TPSA) is 183 Å². The largest absolute Gasteiger partial charge is 0.401 e. The Morgan fingerprint density at radius 2 is 1.70 bits per heavy atom. The van der Waals surface area contributed by atoms with E-state index in [1.165, 1.54) is 32.3 Å². The van der Waals surface area contributed by atoms with Crippen LogP contribution >= 0.6 is 0 Å². The van der Waals surface area contributed by atoms with Gasteiger partial charge in [-0.1, -0.05) is 19.1 Å². The van der Waals surface area contributed by atoms with Crippen molar-refractivity contribution in [3.63, 3.8) is 0 Å². The molecule has 47 heavy (non-hydrogen) atoms. The number of amides is 4. The van der Waals surface area contributed by atoms with E-state index in [9.17, 15) is 32.3 Å². The highest BCUT2D eigenvalue weighted by molar-refractivity contribution is 6.08. The van der Waals surface area contributed by atoms with E-state index in [4.69, 9.17) is 5.73 Å². The van der Waals surface area contributed by atoms with Crippen LogP contribution in [0.4, 0.5) is 42.0 Å². The van der Waals surface area contributed by atoms with Gasteiger partial charge in [0.1, 0.15) is 17.4 Å². The highest BCUT2D eigenvalue weighted by Crippen LogP contribution is 2.21. The van der Waals surface area contributed by atoms with Gasteiger partial charge in [0, 0.05) is 55.0 Å². The third kappa shape index (κ3) is 11.4. The van der Waals surface area contributed by atoms with E-state index >= 15 is 0 Å². The molecular weight excluding hydrogens is 619 g/mol. The van der Waals surface area contributed by atoms with Gasteiger partial charge in [0.25, 0.3) is 5.91 Å². The van der Waals surface area contributed by atoms with E-state index in [2.05, 4.69) is 36.6 Å². The number of rotatable bonds is 15. The van der Waals surface area contributed by atoms with E-state index in [0.29, 0.717) is 29.2 Å². The standard InChI is InChI=1S/C31H36F3N9O4/c1-4-14-37-27-24(17-38-30(42-27)41-21-12-10-20(11-13-21)26(35)45)29(47)40-23-8-5-7-22(16-23)39-28(46)19(2)43(3)25(44)9-6-15-36-18-31(32,33)34/h5-13,16-17,19,36H,4,14-15,18H2,1-3H3,(H2,35,45)(H,39,46)(H,40,47)(H2,37,38,41,42)/b9-6+/t19-/m0/s1. The summed E-state index contributed by atoms with van der Waals surface area (Å²) >= 11 is 0. The summed E-state index contributed by atoms with van der Waals surface area (Å²) in [5.41, 5.74) is 7.10. The van der Waals surface area contributed by atoms with Crippen LogP contribution in [0.15, 0.2) is 66.9 Å². The summed E-state index contributed by atoms with van der Waals surface area (Å²) in [4.78, 5) is 59.6. The van der Waals surface area contributed by atoms with Crippen molar-refractivity contribution in [1.29, 1.82) is 0 Å². The first-order chi connectivity index (χ1) is 22.3. The minimum Gasteiger partial charge on any atom is -0.369 e. The van der Waals surface area contributed by atoms with Crippen LogP contribution in [0, 0.1) is 0 Å². The van der Waals surface area contributed by atoms with E-state index in [1.807, 2.05) is 6.92 Å². The Kier molecular flexibility index (Phi) is 12.8. The summed E-state index contributed by atoms with van der Waals surface area (Å²) in [5.74, 6) is -1.67. The first kappa shape index (κ1) is 36.0. The molecule has 3 rings (SSSR count). The Labute approximate surface area is 269 Å². The highest BCUT2D eigenvalue weighted by Gasteiger charge is 2.26. The number of likely N-dealkylation sites (N-methyl/N-ethyl adjacent to an activating group) is 1. The average Bonchev–Trinajstić information content (AvgIpc) is 3.02. The smallest absolute Gasteiger partial charge is 0.369 e. The van der Waals surface area contributed by atoms with Gasteiger partial charge in [-0.2, -0.15) is 18.2 Å².